The zero-order chi connectivity index (χ0) is 40.6. The molecule has 0 unspecified atom stereocenters. The fourth-order valence-electron chi connectivity index (χ4n) is 10.2. The average molecular weight is 765 g/mol. The fourth-order valence-corrected chi connectivity index (χ4v) is 10.2. The number of methoxy groups -OCH3 is 1. The SMILES string of the molecule is CNc1cc(C(=O)N[C@H](CN(C)C)CC(C)(C)C)cc(C2=C(OC)C(CN3O[C@@H](CN(C)C)[C@@H]([C@H](C)O)[C@H]3C(=O)N[C@H]3C[C@H]4C[C@@H]([C@@H]3C)C4(C)C)=CCC2)c1. The Morgan fingerprint density at radius 2 is 1.82 bits per heavy atom. The summed E-state index contributed by atoms with van der Waals surface area (Å²) in [6.07, 6.45) is 5.61. The summed E-state index contributed by atoms with van der Waals surface area (Å²) in [5, 5.41) is 23.1. The van der Waals surface area contributed by atoms with Crippen molar-refractivity contribution in [1.29, 1.82) is 0 Å². The normalized spacial score (nSPS) is 29.1. The quantitative estimate of drug-likeness (QED) is 0.180. The van der Waals surface area contributed by atoms with E-state index in [-0.39, 0.29) is 35.4 Å². The summed E-state index contributed by atoms with van der Waals surface area (Å²) < 4.78 is 6.20. The number of ether oxygens (including phenoxy) is 1. The third-order valence-electron chi connectivity index (χ3n) is 12.9. The Morgan fingerprint density at radius 1 is 1.11 bits per heavy atom. The number of fused-ring (bicyclic) bond motifs is 2. The monoisotopic (exact) mass is 765 g/mol. The number of allylic oxidation sites excluding steroid dienone is 2. The number of nitrogens with zero attached hydrogens (tertiary/aromatic N) is 3. The lowest BCUT2D eigenvalue weighted by atomic mass is 9.45. The van der Waals surface area contributed by atoms with E-state index in [4.69, 9.17) is 9.57 Å². The Kier molecular flexibility index (Phi) is 13.6. The van der Waals surface area contributed by atoms with E-state index in [1.165, 1.54) is 6.42 Å². The van der Waals surface area contributed by atoms with Crippen LogP contribution in [0.25, 0.3) is 5.57 Å². The highest BCUT2D eigenvalue weighted by molar-refractivity contribution is 5.96. The van der Waals surface area contributed by atoms with Gasteiger partial charge in [0.2, 0.25) is 5.91 Å². The molecular weight excluding hydrogens is 693 g/mol. The topological polar surface area (TPSA) is 119 Å². The van der Waals surface area contributed by atoms with E-state index in [0.717, 1.165) is 60.4 Å². The molecule has 6 rings (SSSR count). The largest absolute Gasteiger partial charge is 0.496 e. The van der Waals surface area contributed by atoms with Gasteiger partial charge in [-0.25, -0.2) is 0 Å². The number of rotatable bonds is 15. The molecule has 5 aliphatic rings. The molecule has 11 heteroatoms. The third kappa shape index (κ3) is 9.78. The number of nitrogens with one attached hydrogen (secondary N) is 3. The zero-order valence-corrected chi connectivity index (χ0v) is 36.1. The van der Waals surface area contributed by atoms with Gasteiger partial charge in [0.1, 0.15) is 11.8 Å². The molecule has 1 heterocycles. The van der Waals surface area contributed by atoms with Gasteiger partial charge in [0, 0.05) is 60.5 Å². The fraction of sp³-hybridized carbons (Fsp3) is 0.727. The molecule has 1 aromatic carbocycles. The highest BCUT2D eigenvalue weighted by atomic mass is 16.7. The molecule has 308 valence electrons. The lowest BCUT2D eigenvalue weighted by Gasteiger charge is -2.62. The van der Waals surface area contributed by atoms with Crippen LogP contribution in [-0.2, 0) is 14.4 Å². The second-order valence-corrected chi connectivity index (χ2v) is 19.3. The van der Waals surface area contributed by atoms with Crippen LogP contribution < -0.4 is 16.0 Å². The van der Waals surface area contributed by atoms with Crippen LogP contribution in [-0.4, -0.2) is 124 Å². The third-order valence-corrected chi connectivity index (χ3v) is 12.9. The van der Waals surface area contributed by atoms with Crippen molar-refractivity contribution < 1.29 is 24.3 Å². The van der Waals surface area contributed by atoms with Crippen molar-refractivity contribution >= 4 is 23.1 Å². The molecule has 0 spiro atoms. The van der Waals surface area contributed by atoms with Gasteiger partial charge in [-0.15, -0.1) is 0 Å². The summed E-state index contributed by atoms with van der Waals surface area (Å²) in [6, 6.07) is 5.34. The van der Waals surface area contributed by atoms with Crippen molar-refractivity contribution in [2.45, 2.75) is 111 Å². The molecule has 1 aliphatic heterocycles. The summed E-state index contributed by atoms with van der Waals surface area (Å²) >= 11 is 0. The van der Waals surface area contributed by atoms with E-state index in [2.05, 4.69) is 74.5 Å². The van der Waals surface area contributed by atoms with Crippen LogP contribution in [0.2, 0.25) is 0 Å². The van der Waals surface area contributed by atoms with Crippen molar-refractivity contribution in [2.75, 3.05) is 67.3 Å². The first-order chi connectivity index (χ1) is 25.7. The standard InChI is InChI=1S/C44H72N6O5/c1-26-35-20-31(44(35,6)7)21-36(26)47-42(53)39-38(27(2)51)37(25-49(11)12)55-50(39)23-28-15-14-16-34(40(28)54-13)29-17-30(19-32(18-29)45-8)41(52)46-33(24-48(9)10)22-43(3,4)5/h15,17-19,26-27,31,33,35-39,45,51H,14,16,20-25H2,1-13H3,(H,46,52)(H,47,53)/t26-,27-,31+,33-,35-,36-,37-,38+,39-/m0/s1. The van der Waals surface area contributed by atoms with Gasteiger partial charge in [0.25, 0.3) is 5.91 Å². The van der Waals surface area contributed by atoms with E-state index in [0.29, 0.717) is 41.8 Å². The number of carbonyl (C=O) groups excluding carboxylic acids is 2. The second kappa shape index (κ2) is 17.3. The Bertz CT molecular complexity index is 1590. The van der Waals surface area contributed by atoms with Gasteiger partial charge >= 0.3 is 0 Å². The molecule has 2 amide bonds. The Balaban J connectivity index is 1.43. The highest BCUT2D eigenvalue weighted by Gasteiger charge is 2.57. The van der Waals surface area contributed by atoms with Gasteiger partial charge < -0.3 is 35.6 Å². The second-order valence-electron chi connectivity index (χ2n) is 19.3. The number of aliphatic hydroxyl groups excluding tert-OH is 1. The van der Waals surface area contributed by atoms with E-state index < -0.39 is 18.1 Å². The van der Waals surface area contributed by atoms with Crippen molar-refractivity contribution in [2.24, 2.45) is 34.5 Å². The van der Waals surface area contributed by atoms with Gasteiger partial charge in [-0.3, -0.25) is 14.4 Å². The van der Waals surface area contributed by atoms with Crippen LogP contribution in [0.4, 0.5) is 5.69 Å². The zero-order valence-electron chi connectivity index (χ0n) is 36.1. The molecule has 55 heavy (non-hydrogen) atoms. The molecule has 4 fully saturated rings. The summed E-state index contributed by atoms with van der Waals surface area (Å²) in [4.78, 5) is 39.2. The summed E-state index contributed by atoms with van der Waals surface area (Å²) in [7, 11) is 11.6. The van der Waals surface area contributed by atoms with Crippen LogP contribution >= 0.6 is 0 Å². The number of carbonyl (C=O) groups is 2. The van der Waals surface area contributed by atoms with Crippen molar-refractivity contribution in [1.82, 2.24) is 25.5 Å². The van der Waals surface area contributed by atoms with Crippen LogP contribution in [0.15, 0.2) is 35.6 Å². The summed E-state index contributed by atoms with van der Waals surface area (Å²) in [5.74, 6) is 1.70. The first-order valence-corrected chi connectivity index (χ1v) is 20.6. The van der Waals surface area contributed by atoms with Gasteiger partial charge in [-0.2, -0.15) is 5.06 Å². The molecule has 0 aromatic heterocycles. The maximum atomic E-state index is 14.5. The molecule has 4 N–H and O–H groups in total. The molecule has 1 saturated heterocycles. The van der Waals surface area contributed by atoms with Crippen molar-refractivity contribution in [3.63, 3.8) is 0 Å². The smallest absolute Gasteiger partial charge is 0.251 e. The minimum atomic E-state index is -0.760. The lowest BCUT2D eigenvalue weighted by Crippen LogP contribution is -2.62. The molecule has 9 atom stereocenters. The Labute approximate surface area is 331 Å². The number of hydroxylamine groups is 2. The highest BCUT2D eigenvalue weighted by Crippen LogP contribution is 2.61. The lowest BCUT2D eigenvalue weighted by molar-refractivity contribution is -0.170. The molecule has 4 aliphatic carbocycles. The molecule has 2 bridgehead atoms. The maximum absolute atomic E-state index is 14.5. The predicted molar refractivity (Wildman–Crippen MR) is 221 cm³/mol. The minimum absolute atomic E-state index is 0.00610. The first kappa shape index (κ1) is 43.2. The molecular formula is C44H72N6O5. The molecule has 1 aromatic rings. The van der Waals surface area contributed by atoms with Crippen molar-refractivity contribution in [3.8, 4) is 0 Å². The Hall–Kier alpha value is -2.96. The van der Waals surface area contributed by atoms with Gasteiger partial charge in [0.05, 0.1) is 25.9 Å². The Morgan fingerprint density at radius 3 is 2.38 bits per heavy atom. The van der Waals surface area contributed by atoms with Crippen LogP contribution in [0.5, 0.6) is 0 Å². The van der Waals surface area contributed by atoms with E-state index in [1.807, 2.05) is 52.3 Å². The van der Waals surface area contributed by atoms with E-state index in [1.54, 1.807) is 19.1 Å². The van der Waals surface area contributed by atoms with Crippen molar-refractivity contribution in [3.05, 3.63) is 46.7 Å². The molecule has 0 radical (unpaired) electrons. The number of likely N-dealkylation sites (N-methyl/N-ethyl adjacent to an activating group) is 2. The number of anilines is 1. The summed E-state index contributed by atoms with van der Waals surface area (Å²) in [6.45, 7) is 17.0. The van der Waals surface area contributed by atoms with Gasteiger partial charge in [-0.1, -0.05) is 47.6 Å². The summed E-state index contributed by atoms with van der Waals surface area (Å²) in [5.41, 5.74) is 4.63. The van der Waals surface area contributed by atoms with Gasteiger partial charge in [0.15, 0.2) is 0 Å². The average Bonchev–Trinajstić information content (AvgIpc) is 3.44. The number of hydrogen-bond acceptors (Lipinski definition) is 9. The van der Waals surface area contributed by atoms with Crippen LogP contribution in [0, 0.1) is 34.5 Å². The molecule has 3 saturated carbocycles. The minimum Gasteiger partial charge on any atom is -0.496 e. The molecule has 11 nitrogen and oxygen atoms in total. The maximum Gasteiger partial charge on any atom is 0.251 e. The van der Waals surface area contributed by atoms with Crippen LogP contribution in [0.1, 0.15) is 96.5 Å². The number of amides is 2. The first-order valence-electron chi connectivity index (χ1n) is 20.6. The number of hydrogen-bond donors (Lipinski definition) is 4. The van der Waals surface area contributed by atoms with E-state index in [9.17, 15) is 14.7 Å². The van der Waals surface area contributed by atoms with E-state index >= 15 is 0 Å². The number of benzene rings is 1. The van der Waals surface area contributed by atoms with Crippen LogP contribution in [0.3, 0.4) is 0 Å². The predicted octanol–water partition coefficient (Wildman–Crippen LogP) is 5.63. The number of aliphatic hydroxyl groups is 1. The van der Waals surface area contributed by atoms with Gasteiger partial charge in [-0.05, 0) is 120 Å².